The van der Waals surface area contributed by atoms with E-state index in [0.717, 1.165) is 17.5 Å². The van der Waals surface area contributed by atoms with Gasteiger partial charge in [-0.3, -0.25) is 0 Å². The maximum atomic E-state index is 13.8. The number of imidazole rings is 1. The van der Waals surface area contributed by atoms with Crippen LogP contribution < -0.4 is 0 Å². The number of benzene rings is 1. The van der Waals surface area contributed by atoms with Gasteiger partial charge in [-0.1, -0.05) is 13.8 Å². The van der Waals surface area contributed by atoms with Gasteiger partial charge in [0, 0.05) is 6.04 Å². The highest BCUT2D eigenvalue weighted by Gasteiger charge is 2.27. The van der Waals surface area contributed by atoms with Crippen LogP contribution in [-0.2, 0) is 0 Å². The largest absolute Gasteiger partial charge is 0.385 e. The fourth-order valence-corrected chi connectivity index (χ4v) is 2.66. The third kappa shape index (κ3) is 2.25. The molecule has 1 aromatic heterocycles. The van der Waals surface area contributed by atoms with Gasteiger partial charge in [-0.2, -0.15) is 0 Å². The van der Waals surface area contributed by atoms with E-state index in [4.69, 9.17) is 0 Å². The van der Waals surface area contributed by atoms with Crippen LogP contribution in [0.5, 0.6) is 0 Å². The van der Waals surface area contributed by atoms with Crippen molar-refractivity contribution in [2.75, 3.05) is 0 Å². The molecule has 0 saturated heterocycles. The number of aryl methyl sites for hydroxylation is 1. The van der Waals surface area contributed by atoms with Gasteiger partial charge in [-0.25, -0.2) is 9.37 Å². The number of rotatable bonds is 0. The molecular weight excluding hydrogens is 243 g/mol. The lowest BCUT2D eigenvalue weighted by Crippen LogP contribution is -2.19. The summed E-state index contributed by atoms with van der Waals surface area (Å²) in [5.41, 5.74) is 2.05. The molecule has 0 amide bonds. The zero-order chi connectivity index (χ0) is 14.2. The Bertz CT molecular complexity index is 591. The predicted molar refractivity (Wildman–Crippen MR) is 74.7 cm³/mol. The van der Waals surface area contributed by atoms with Crippen molar-refractivity contribution in [1.29, 1.82) is 0 Å². The smallest absolute Gasteiger partial charge is 0.151 e. The van der Waals surface area contributed by atoms with Crippen LogP contribution in [0.3, 0.4) is 0 Å². The topological polar surface area (TPSA) is 38.0 Å². The zero-order valence-electron chi connectivity index (χ0n) is 11.9. The molecule has 2 atom stereocenters. The molecule has 3 rings (SSSR count). The summed E-state index contributed by atoms with van der Waals surface area (Å²) >= 11 is 0. The molecule has 2 heterocycles. The summed E-state index contributed by atoms with van der Waals surface area (Å²) in [4.78, 5) is 4.26. The van der Waals surface area contributed by atoms with Crippen LogP contribution in [0.15, 0.2) is 12.1 Å². The minimum absolute atomic E-state index is 0.264. The highest BCUT2D eigenvalue weighted by atomic mass is 19.1. The minimum atomic E-state index is -0.571. The number of aromatic nitrogens is 2. The molecule has 3 nitrogen and oxygen atoms in total. The number of aliphatic hydroxyl groups is 1. The Balaban J connectivity index is 0.000000637. The summed E-state index contributed by atoms with van der Waals surface area (Å²) in [6, 6.07) is 3.68. The maximum Gasteiger partial charge on any atom is 0.151 e. The maximum absolute atomic E-state index is 13.8. The van der Waals surface area contributed by atoms with E-state index in [1.165, 1.54) is 6.07 Å². The molecule has 0 fully saturated rings. The van der Waals surface area contributed by atoms with Crippen molar-refractivity contribution in [3.63, 3.8) is 0 Å². The van der Waals surface area contributed by atoms with Gasteiger partial charge in [0.25, 0.3) is 0 Å². The van der Waals surface area contributed by atoms with E-state index in [9.17, 15) is 9.50 Å². The van der Waals surface area contributed by atoms with Gasteiger partial charge in [-0.15, -0.1) is 0 Å². The molecule has 104 valence electrons. The number of aliphatic hydroxyl groups excluding tert-OH is 1. The molecule has 2 unspecified atom stereocenters. The van der Waals surface area contributed by atoms with Crippen LogP contribution in [0.25, 0.3) is 11.0 Å². The van der Waals surface area contributed by atoms with Crippen LogP contribution >= 0.6 is 0 Å². The van der Waals surface area contributed by atoms with E-state index < -0.39 is 6.10 Å². The second kappa shape index (κ2) is 5.29. The summed E-state index contributed by atoms with van der Waals surface area (Å²) in [6.07, 6.45) is 1.03. The lowest BCUT2D eigenvalue weighted by atomic mass is 10.0. The number of halogens is 1. The zero-order valence-corrected chi connectivity index (χ0v) is 11.9. The summed E-state index contributed by atoms with van der Waals surface area (Å²) in [5, 5.41) is 9.93. The van der Waals surface area contributed by atoms with Gasteiger partial charge in [0.1, 0.15) is 17.4 Å². The molecule has 2 aromatic rings. The quantitative estimate of drug-likeness (QED) is 0.783. The molecule has 0 spiro atoms. The van der Waals surface area contributed by atoms with Crippen molar-refractivity contribution in [3.05, 3.63) is 29.3 Å². The molecular formula is C15H21FN2O. The van der Waals surface area contributed by atoms with Crippen LogP contribution in [0.1, 0.15) is 57.1 Å². The van der Waals surface area contributed by atoms with Gasteiger partial charge >= 0.3 is 0 Å². The molecule has 0 radical (unpaired) electrons. The van der Waals surface area contributed by atoms with E-state index in [1.807, 2.05) is 31.4 Å². The average molecular weight is 264 g/mol. The Morgan fingerprint density at radius 2 is 2.00 bits per heavy atom. The second-order valence-corrected chi connectivity index (χ2v) is 4.90. The molecule has 19 heavy (non-hydrogen) atoms. The molecule has 0 saturated carbocycles. The summed E-state index contributed by atoms with van der Waals surface area (Å²) in [7, 11) is 0. The van der Waals surface area contributed by atoms with Crippen molar-refractivity contribution in [2.24, 2.45) is 0 Å². The Morgan fingerprint density at radius 3 is 2.68 bits per heavy atom. The Labute approximate surface area is 113 Å². The summed E-state index contributed by atoms with van der Waals surface area (Å²) in [5.74, 6) is 0.296. The standard InChI is InChI=1S/C13H15FN2O.C2H6/c1-7-5-9(14)12-10(6-7)16-8(2)3-4-11(17)13(16)15-12;1-2/h5-6,8,11,17H,3-4H2,1-2H3;1-2H3. The molecule has 1 aromatic carbocycles. The summed E-state index contributed by atoms with van der Waals surface area (Å²) < 4.78 is 15.8. The minimum Gasteiger partial charge on any atom is -0.385 e. The molecule has 1 aliphatic rings. The molecule has 4 heteroatoms. The fraction of sp³-hybridized carbons (Fsp3) is 0.533. The fourth-order valence-electron chi connectivity index (χ4n) is 2.66. The monoisotopic (exact) mass is 264 g/mol. The van der Waals surface area contributed by atoms with E-state index in [0.29, 0.717) is 17.8 Å². The molecule has 0 bridgehead atoms. The first kappa shape index (κ1) is 14.0. The molecule has 1 N–H and O–H groups in total. The normalized spacial score (nSPS) is 21.8. The lowest BCUT2D eigenvalue weighted by molar-refractivity contribution is 0.125. The van der Waals surface area contributed by atoms with Gasteiger partial charge in [0.2, 0.25) is 0 Å². The highest BCUT2D eigenvalue weighted by Crippen LogP contribution is 2.35. The Kier molecular flexibility index (Phi) is 3.90. The van der Waals surface area contributed by atoms with Crippen molar-refractivity contribution < 1.29 is 9.50 Å². The first-order valence-corrected chi connectivity index (χ1v) is 6.94. The van der Waals surface area contributed by atoms with Crippen molar-refractivity contribution >= 4 is 11.0 Å². The average Bonchev–Trinajstić information content (AvgIpc) is 2.77. The van der Waals surface area contributed by atoms with Gasteiger partial charge in [-0.05, 0) is 44.4 Å². The van der Waals surface area contributed by atoms with E-state index in [2.05, 4.69) is 11.9 Å². The second-order valence-electron chi connectivity index (χ2n) is 4.90. The highest BCUT2D eigenvalue weighted by molar-refractivity contribution is 5.78. The first-order chi connectivity index (χ1) is 9.08. The Morgan fingerprint density at radius 1 is 1.32 bits per heavy atom. The third-order valence-electron chi connectivity index (χ3n) is 3.52. The van der Waals surface area contributed by atoms with Gasteiger partial charge < -0.3 is 9.67 Å². The Hall–Kier alpha value is -1.42. The van der Waals surface area contributed by atoms with Crippen molar-refractivity contribution in [1.82, 2.24) is 9.55 Å². The van der Waals surface area contributed by atoms with Crippen LogP contribution in [0.4, 0.5) is 4.39 Å². The molecule has 0 aliphatic carbocycles. The van der Waals surface area contributed by atoms with E-state index in [-0.39, 0.29) is 11.9 Å². The first-order valence-electron chi connectivity index (χ1n) is 6.94. The lowest BCUT2D eigenvalue weighted by Gasteiger charge is -2.25. The van der Waals surface area contributed by atoms with Crippen LogP contribution in [0.2, 0.25) is 0 Å². The van der Waals surface area contributed by atoms with Crippen molar-refractivity contribution in [3.8, 4) is 0 Å². The number of nitrogens with zero attached hydrogens (tertiary/aromatic N) is 2. The van der Waals surface area contributed by atoms with Crippen molar-refractivity contribution in [2.45, 2.75) is 52.7 Å². The molecule has 1 aliphatic heterocycles. The number of fused-ring (bicyclic) bond motifs is 3. The predicted octanol–water partition coefficient (Wildman–Crippen LogP) is 3.90. The summed E-state index contributed by atoms with van der Waals surface area (Å²) in [6.45, 7) is 7.95. The van der Waals surface area contributed by atoms with Gasteiger partial charge in [0.05, 0.1) is 5.52 Å². The third-order valence-corrected chi connectivity index (χ3v) is 3.52. The van der Waals surface area contributed by atoms with Crippen LogP contribution in [0, 0.1) is 12.7 Å². The van der Waals surface area contributed by atoms with E-state index >= 15 is 0 Å². The number of hydrogen-bond acceptors (Lipinski definition) is 2. The SMILES string of the molecule is CC.Cc1cc(F)c2nc3n(c2c1)C(C)CCC3O. The van der Waals surface area contributed by atoms with Crippen LogP contribution in [-0.4, -0.2) is 14.7 Å². The number of hydrogen-bond donors (Lipinski definition) is 1. The van der Waals surface area contributed by atoms with E-state index in [1.54, 1.807) is 0 Å². The van der Waals surface area contributed by atoms with Gasteiger partial charge in [0.15, 0.2) is 5.82 Å².